The molecule has 5 nitrogen and oxygen atoms in total. The summed E-state index contributed by atoms with van der Waals surface area (Å²) in [4.78, 5) is 24.1. The first-order chi connectivity index (χ1) is 10.3. The van der Waals surface area contributed by atoms with Crippen LogP contribution in [0.3, 0.4) is 0 Å². The van der Waals surface area contributed by atoms with E-state index in [1.807, 2.05) is 0 Å². The van der Waals surface area contributed by atoms with Crippen LogP contribution in [0.1, 0.15) is 6.92 Å². The second-order valence-electron chi connectivity index (χ2n) is 5.58. The Morgan fingerprint density at radius 3 is 2.73 bits per heavy atom. The molecule has 2 bridgehead atoms. The minimum atomic E-state index is -1.06. The van der Waals surface area contributed by atoms with Crippen molar-refractivity contribution in [2.45, 2.75) is 18.6 Å². The molecule has 2 N–H and O–H groups in total. The summed E-state index contributed by atoms with van der Waals surface area (Å²) in [5, 5.41) is 12.8. The molecule has 7 heteroatoms. The fraction of sp³-hybridized carbons (Fsp3) is 0.333. The van der Waals surface area contributed by atoms with Gasteiger partial charge in [-0.3, -0.25) is 9.59 Å². The van der Waals surface area contributed by atoms with E-state index >= 15 is 0 Å². The summed E-state index contributed by atoms with van der Waals surface area (Å²) >= 11 is 11.8. The number of benzene rings is 1. The van der Waals surface area contributed by atoms with E-state index in [9.17, 15) is 14.7 Å². The van der Waals surface area contributed by atoms with Crippen LogP contribution in [0.25, 0.3) is 0 Å². The van der Waals surface area contributed by atoms with Crippen LogP contribution in [0, 0.1) is 11.8 Å². The van der Waals surface area contributed by atoms with Gasteiger partial charge < -0.3 is 15.2 Å². The highest BCUT2D eigenvalue weighted by atomic mass is 35.5. The molecule has 4 atom stereocenters. The van der Waals surface area contributed by atoms with Gasteiger partial charge in [0, 0.05) is 5.02 Å². The number of ether oxygens (including phenoxy) is 1. The van der Waals surface area contributed by atoms with Crippen LogP contribution < -0.4 is 5.32 Å². The van der Waals surface area contributed by atoms with E-state index in [4.69, 9.17) is 27.9 Å². The molecule has 0 unspecified atom stereocenters. The Morgan fingerprint density at radius 2 is 2.09 bits per heavy atom. The van der Waals surface area contributed by atoms with E-state index in [1.54, 1.807) is 31.2 Å². The van der Waals surface area contributed by atoms with E-state index in [-0.39, 0.29) is 5.02 Å². The molecule has 2 aliphatic heterocycles. The van der Waals surface area contributed by atoms with E-state index < -0.39 is 35.4 Å². The smallest absolute Gasteiger partial charge is 0.310 e. The number of anilines is 1. The number of amides is 1. The van der Waals surface area contributed by atoms with E-state index in [0.717, 1.165) is 0 Å². The number of fused-ring (bicyclic) bond motifs is 2. The van der Waals surface area contributed by atoms with Crippen molar-refractivity contribution in [2.24, 2.45) is 11.8 Å². The molecular weight excluding hydrogens is 329 g/mol. The third kappa shape index (κ3) is 2.39. The summed E-state index contributed by atoms with van der Waals surface area (Å²) in [6.45, 7) is 1.71. The molecule has 0 saturated carbocycles. The molecule has 2 heterocycles. The van der Waals surface area contributed by atoms with Gasteiger partial charge in [-0.05, 0) is 25.1 Å². The molecule has 1 fully saturated rings. The Labute approximate surface area is 136 Å². The lowest BCUT2D eigenvalue weighted by Crippen LogP contribution is -2.44. The summed E-state index contributed by atoms with van der Waals surface area (Å²) in [7, 11) is 0. The second kappa shape index (κ2) is 5.26. The SMILES string of the molecule is C[C@@]12C=C[C@@H](O1)[C@@H](C(=O)O)[C@@H]2C(=O)Nc1ccc(Cl)cc1Cl. The van der Waals surface area contributed by atoms with Crippen LogP contribution in [-0.4, -0.2) is 28.7 Å². The van der Waals surface area contributed by atoms with Crippen LogP contribution in [0.2, 0.25) is 10.0 Å². The largest absolute Gasteiger partial charge is 0.481 e. The van der Waals surface area contributed by atoms with Crippen LogP contribution in [0.4, 0.5) is 5.69 Å². The van der Waals surface area contributed by atoms with Crippen LogP contribution in [0.15, 0.2) is 30.4 Å². The van der Waals surface area contributed by atoms with Gasteiger partial charge in [-0.25, -0.2) is 0 Å². The first-order valence-corrected chi connectivity index (χ1v) is 7.43. The molecule has 0 spiro atoms. The summed E-state index contributed by atoms with van der Waals surface area (Å²) < 4.78 is 5.65. The van der Waals surface area contributed by atoms with Crippen molar-refractivity contribution < 1.29 is 19.4 Å². The molecule has 2 aliphatic rings. The van der Waals surface area contributed by atoms with Crippen molar-refractivity contribution in [3.63, 3.8) is 0 Å². The van der Waals surface area contributed by atoms with Gasteiger partial charge in [0.05, 0.1) is 28.3 Å². The maximum absolute atomic E-state index is 12.6. The third-order valence-electron chi connectivity index (χ3n) is 4.09. The Bertz CT molecular complexity index is 690. The minimum absolute atomic E-state index is 0.289. The summed E-state index contributed by atoms with van der Waals surface area (Å²) in [6.07, 6.45) is 2.85. The predicted octanol–water partition coefficient (Wildman–Crippen LogP) is 2.98. The minimum Gasteiger partial charge on any atom is -0.481 e. The number of nitrogens with one attached hydrogen (secondary N) is 1. The molecule has 1 amide bonds. The molecule has 0 radical (unpaired) electrons. The van der Waals surface area contributed by atoms with Gasteiger partial charge in [-0.2, -0.15) is 0 Å². The average Bonchev–Trinajstić information content (AvgIpc) is 2.94. The lowest BCUT2D eigenvalue weighted by atomic mass is 9.75. The molecule has 1 aromatic carbocycles. The first-order valence-electron chi connectivity index (χ1n) is 6.68. The number of carboxylic acids is 1. The van der Waals surface area contributed by atoms with Crippen LogP contribution in [-0.2, 0) is 14.3 Å². The van der Waals surface area contributed by atoms with Gasteiger partial charge in [0.1, 0.15) is 5.92 Å². The van der Waals surface area contributed by atoms with Gasteiger partial charge in [0.15, 0.2) is 0 Å². The quantitative estimate of drug-likeness (QED) is 0.828. The van der Waals surface area contributed by atoms with Crippen molar-refractivity contribution >= 4 is 40.8 Å². The van der Waals surface area contributed by atoms with Crippen molar-refractivity contribution in [3.8, 4) is 0 Å². The summed E-state index contributed by atoms with van der Waals surface area (Å²) in [6, 6.07) is 4.67. The maximum Gasteiger partial charge on any atom is 0.310 e. The third-order valence-corrected chi connectivity index (χ3v) is 4.64. The van der Waals surface area contributed by atoms with Gasteiger partial charge in [-0.15, -0.1) is 0 Å². The highest BCUT2D eigenvalue weighted by molar-refractivity contribution is 6.36. The number of halogens is 2. The Hall–Kier alpha value is -1.56. The van der Waals surface area contributed by atoms with Gasteiger partial charge in [0.25, 0.3) is 0 Å². The topological polar surface area (TPSA) is 75.6 Å². The standard InChI is InChI=1S/C15H13Cl2NO4/c1-15-5-4-10(22-15)11(14(20)21)12(15)13(19)18-9-3-2-7(16)6-8(9)17/h2-6,10-12H,1H3,(H,18,19)(H,20,21)/t10-,11-,12-,15+/m1/s1. The van der Waals surface area contributed by atoms with Crippen LogP contribution >= 0.6 is 23.2 Å². The normalized spacial score (nSPS) is 32.2. The van der Waals surface area contributed by atoms with Crippen molar-refractivity contribution in [3.05, 3.63) is 40.4 Å². The number of carbonyl (C=O) groups is 2. The fourth-order valence-corrected chi connectivity index (χ4v) is 3.54. The highest BCUT2D eigenvalue weighted by Gasteiger charge is 2.59. The molecule has 0 aliphatic carbocycles. The Morgan fingerprint density at radius 1 is 1.36 bits per heavy atom. The predicted molar refractivity (Wildman–Crippen MR) is 82.1 cm³/mol. The van der Waals surface area contributed by atoms with E-state index in [0.29, 0.717) is 10.7 Å². The zero-order valence-corrected chi connectivity index (χ0v) is 13.1. The lowest BCUT2D eigenvalue weighted by molar-refractivity contribution is -0.146. The molecule has 1 saturated heterocycles. The van der Waals surface area contributed by atoms with Crippen LogP contribution in [0.5, 0.6) is 0 Å². The Kier molecular flexibility index (Phi) is 3.67. The van der Waals surface area contributed by atoms with Crippen molar-refractivity contribution in [2.75, 3.05) is 5.32 Å². The molecule has 1 aromatic rings. The van der Waals surface area contributed by atoms with E-state index in [1.165, 1.54) is 6.07 Å². The molecule has 0 aromatic heterocycles. The highest BCUT2D eigenvalue weighted by Crippen LogP contribution is 2.47. The zero-order chi connectivity index (χ0) is 16.1. The fourth-order valence-electron chi connectivity index (χ4n) is 3.08. The Balaban J connectivity index is 1.88. The number of carbonyl (C=O) groups excluding carboxylic acids is 1. The monoisotopic (exact) mass is 341 g/mol. The van der Waals surface area contributed by atoms with Gasteiger partial charge >= 0.3 is 5.97 Å². The van der Waals surface area contributed by atoms with Gasteiger partial charge in [-0.1, -0.05) is 35.4 Å². The number of aliphatic carboxylic acids is 1. The van der Waals surface area contributed by atoms with Crippen molar-refractivity contribution in [1.82, 2.24) is 0 Å². The molecule has 116 valence electrons. The van der Waals surface area contributed by atoms with Crippen molar-refractivity contribution in [1.29, 1.82) is 0 Å². The second-order valence-corrected chi connectivity index (χ2v) is 6.42. The molecule has 3 rings (SSSR count). The number of hydrogen-bond donors (Lipinski definition) is 2. The average molecular weight is 342 g/mol. The number of hydrogen-bond acceptors (Lipinski definition) is 3. The number of rotatable bonds is 3. The summed E-state index contributed by atoms with van der Waals surface area (Å²) in [5.74, 6) is -3.24. The molecular formula is C15H13Cl2NO4. The summed E-state index contributed by atoms with van der Waals surface area (Å²) in [5.41, 5.74) is -0.535. The van der Waals surface area contributed by atoms with E-state index in [2.05, 4.69) is 5.32 Å². The van der Waals surface area contributed by atoms with Gasteiger partial charge in [0.2, 0.25) is 5.91 Å². The number of carboxylic acid groups (broad SMARTS) is 1. The first kappa shape index (κ1) is 15.3. The lowest BCUT2D eigenvalue weighted by Gasteiger charge is -2.28. The zero-order valence-electron chi connectivity index (χ0n) is 11.5. The molecule has 22 heavy (non-hydrogen) atoms. The maximum atomic E-state index is 12.6.